The normalized spacial score (nSPS) is 14.6. The number of ether oxygens (including phenoxy) is 1. The lowest BCUT2D eigenvalue weighted by Gasteiger charge is -2.08. The third-order valence-corrected chi connectivity index (χ3v) is 4.55. The van der Waals surface area contributed by atoms with Crippen LogP contribution in [0.15, 0.2) is 47.3 Å². The predicted octanol–water partition coefficient (Wildman–Crippen LogP) is 1.71. The first-order chi connectivity index (χ1) is 12.6. The number of rotatable bonds is 3. The second-order valence-electron chi connectivity index (χ2n) is 6.07. The number of para-hydroxylation sites is 1. The highest BCUT2D eigenvalue weighted by Crippen LogP contribution is 2.30. The minimum absolute atomic E-state index is 0.00241. The minimum atomic E-state index is -1.29. The highest BCUT2D eigenvalue weighted by molar-refractivity contribution is 5.92. The monoisotopic (exact) mass is 347 g/mol. The smallest absolute Gasteiger partial charge is 0.261 e. The molecule has 1 aliphatic rings. The largest absolute Gasteiger partial charge is 0.545 e. The summed E-state index contributed by atoms with van der Waals surface area (Å²) < 4.78 is 7.00. The number of methoxy groups -OCH3 is 1. The number of allylic oxidation sites excluding steroid dienone is 1. The first-order valence-electron chi connectivity index (χ1n) is 8.18. The molecule has 0 atom stereocenters. The van der Waals surface area contributed by atoms with Crippen molar-refractivity contribution in [2.45, 2.75) is 13.0 Å². The Kier molecular flexibility index (Phi) is 3.80. The van der Waals surface area contributed by atoms with E-state index in [1.165, 1.54) is 18.2 Å². The Morgan fingerprint density at radius 3 is 2.85 bits per heavy atom. The molecule has 4 rings (SSSR count). The van der Waals surface area contributed by atoms with Crippen molar-refractivity contribution in [2.75, 3.05) is 7.11 Å². The zero-order valence-electron chi connectivity index (χ0n) is 14.1. The van der Waals surface area contributed by atoms with Crippen LogP contribution in [0.25, 0.3) is 22.6 Å². The first kappa shape index (κ1) is 16.1. The average molecular weight is 347 g/mol. The van der Waals surface area contributed by atoms with Crippen LogP contribution in [0.1, 0.15) is 28.2 Å². The van der Waals surface area contributed by atoms with Crippen molar-refractivity contribution < 1.29 is 14.6 Å². The SMILES string of the molecule is COc1ccccc1/C=C1\CCn2c1nc1cc(C(=O)[O-])ccc1c2=O. The standard InChI is InChI=1S/C20H16N2O4/c1-26-17-5-3-2-4-12(17)10-13-8-9-22-18(13)21-16-11-14(20(24)25)6-7-15(16)19(22)23/h2-7,10-11H,8-9H2,1H3,(H,24,25)/p-1/b13-10+. The molecule has 0 bridgehead atoms. The Morgan fingerprint density at radius 2 is 2.08 bits per heavy atom. The van der Waals surface area contributed by atoms with E-state index in [0.717, 1.165) is 16.9 Å². The number of carbonyl (C=O) groups is 1. The molecule has 0 aliphatic carbocycles. The van der Waals surface area contributed by atoms with Gasteiger partial charge in [-0.05, 0) is 41.8 Å². The lowest BCUT2D eigenvalue weighted by atomic mass is 10.1. The summed E-state index contributed by atoms with van der Waals surface area (Å²) in [4.78, 5) is 28.4. The van der Waals surface area contributed by atoms with Gasteiger partial charge in [-0.1, -0.05) is 24.3 Å². The minimum Gasteiger partial charge on any atom is -0.545 e. The van der Waals surface area contributed by atoms with Gasteiger partial charge in [-0.25, -0.2) is 4.98 Å². The summed E-state index contributed by atoms with van der Waals surface area (Å²) in [5.74, 6) is 0.00353. The van der Waals surface area contributed by atoms with E-state index in [1.54, 1.807) is 11.7 Å². The van der Waals surface area contributed by atoms with Crippen LogP contribution in [0.3, 0.4) is 0 Å². The van der Waals surface area contributed by atoms with E-state index in [-0.39, 0.29) is 11.1 Å². The quantitative estimate of drug-likeness (QED) is 0.720. The molecule has 26 heavy (non-hydrogen) atoms. The fourth-order valence-electron chi connectivity index (χ4n) is 3.25. The van der Waals surface area contributed by atoms with Crippen LogP contribution >= 0.6 is 0 Å². The molecule has 0 saturated carbocycles. The molecule has 0 saturated heterocycles. The summed E-state index contributed by atoms with van der Waals surface area (Å²) in [6.45, 7) is 0.542. The number of hydrogen-bond acceptors (Lipinski definition) is 5. The van der Waals surface area contributed by atoms with E-state index in [0.29, 0.717) is 29.7 Å². The van der Waals surface area contributed by atoms with Gasteiger partial charge >= 0.3 is 0 Å². The number of nitrogens with zero attached hydrogens (tertiary/aromatic N) is 2. The summed E-state index contributed by atoms with van der Waals surface area (Å²) in [5, 5.41) is 11.5. The molecule has 0 amide bonds. The van der Waals surface area contributed by atoms with E-state index >= 15 is 0 Å². The van der Waals surface area contributed by atoms with Crippen LogP contribution in [-0.4, -0.2) is 22.6 Å². The molecule has 3 aromatic rings. The molecule has 1 aromatic heterocycles. The molecule has 1 aliphatic heterocycles. The van der Waals surface area contributed by atoms with Crippen molar-refractivity contribution in [3.05, 3.63) is 69.8 Å². The van der Waals surface area contributed by atoms with Crippen LogP contribution in [0.4, 0.5) is 0 Å². The summed E-state index contributed by atoms with van der Waals surface area (Å²) >= 11 is 0. The number of aromatic carboxylic acids is 1. The fraction of sp³-hybridized carbons (Fsp3) is 0.150. The van der Waals surface area contributed by atoms with Crippen molar-refractivity contribution >= 4 is 28.5 Å². The van der Waals surface area contributed by atoms with Gasteiger partial charge in [0, 0.05) is 12.1 Å². The van der Waals surface area contributed by atoms with E-state index < -0.39 is 5.97 Å². The third kappa shape index (κ3) is 2.56. The van der Waals surface area contributed by atoms with E-state index in [1.807, 2.05) is 30.3 Å². The first-order valence-corrected chi connectivity index (χ1v) is 8.18. The van der Waals surface area contributed by atoms with Gasteiger partial charge in [0.25, 0.3) is 5.56 Å². The van der Waals surface area contributed by atoms with Crippen LogP contribution in [0, 0.1) is 0 Å². The molecule has 0 radical (unpaired) electrons. The Balaban J connectivity index is 1.90. The van der Waals surface area contributed by atoms with Gasteiger partial charge in [-0.15, -0.1) is 0 Å². The Morgan fingerprint density at radius 1 is 1.27 bits per heavy atom. The summed E-state index contributed by atoms with van der Waals surface area (Å²) in [6.07, 6.45) is 2.63. The predicted molar refractivity (Wildman–Crippen MR) is 95.8 cm³/mol. The number of fused-ring (bicyclic) bond motifs is 2. The number of carboxylic acid groups (broad SMARTS) is 1. The number of carbonyl (C=O) groups excluding carboxylic acids is 1. The Bertz CT molecular complexity index is 1130. The van der Waals surface area contributed by atoms with Crippen LogP contribution in [-0.2, 0) is 6.54 Å². The lowest BCUT2D eigenvalue weighted by Crippen LogP contribution is -2.23. The van der Waals surface area contributed by atoms with Crippen molar-refractivity contribution in [3.8, 4) is 5.75 Å². The van der Waals surface area contributed by atoms with Crippen molar-refractivity contribution in [1.82, 2.24) is 9.55 Å². The second kappa shape index (κ2) is 6.15. The van der Waals surface area contributed by atoms with E-state index in [4.69, 9.17) is 4.74 Å². The molecule has 2 aromatic carbocycles. The molecular formula is C20H15N2O4-. The van der Waals surface area contributed by atoms with Crippen LogP contribution < -0.4 is 15.4 Å². The van der Waals surface area contributed by atoms with Crippen LogP contribution in [0.2, 0.25) is 0 Å². The molecule has 0 unspecified atom stereocenters. The zero-order chi connectivity index (χ0) is 18.3. The number of aromatic nitrogens is 2. The van der Waals surface area contributed by atoms with Gasteiger partial charge < -0.3 is 14.6 Å². The molecule has 2 heterocycles. The summed E-state index contributed by atoms with van der Waals surface area (Å²) in [5.41, 5.74) is 2.00. The summed E-state index contributed by atoms with van der Waals surface area (Å²) in [7, 11) is 1.61. The third-order valence-electron chi connectivity index (χ3n) is 4.55. The lowest BCUT2D eigenvalue weighted by molar-refractivity contribution is -0.255. The van der Waals surface area contributed by atoms with Gasteiger partial charge in [-0.2, -0.15) is 0 Å². The highest BCUT2D eigenvalue weighted by Gasteiger charge is 2.21. The molecule has 0 N–H and O–H groups in total. The molecule has 130 valence electrons. The average Bonchev–Trinajstić information content (AvgIpc) is 3.05. The zero-order valence-corrected chi connectivity index (χ0v) is 14.1. The Hall–Kier alpha value is -3.41. The number of benzene rings is 2. The maximum atomic E-state index is 12.7. The van der Waals surface area contributed by atoms with Gasteiger partial charge in [0.05, 0.1) is 24.0 Å². The van der Waals surface area contributed by atoms with E-state index in [9.17, 15) is 14.7 Å². The topological polar surface area (TPSA) is 84.2 Å². The number of carboxylic acids is 1. The maximum Gasteiger partial charge on any atom is 0.261 e. The van der Waals surface area contributed by atoms with Gasteiger partial charge in [-0.3, -0.25) is 9.36 Å². The molecule has 0 fully saturated rings. The molecule has 6 nitrogen and oxygen atoms in total. The Labute approximate surface area is 149 Å². The fourth-order valence-corrected chi connectivity index (χ4v) is 3.25. The van der Waals surface area contributed by atoms with Crippen molar-refractivity contribution in [2.24, 2.45) is 0 Å². The van der Waals surface area contributed by atoms with E-state index in [2.05, 4.69) is 4.98 Å². The summed E-state index contributed by atoms with van der Waals surface area (Å²) in [6, 6.07) is 11.8. The van der Waals surface area contributed by atoms with Gasteiger partial charge in [0.15, 0.2) is 0 Å². The molecule has 6 heteroatoms. The van der Waals surface area contributed by atoms with Gasteiger partial charge in [0.2, 0.25) is 0 Å². The second-order valence-corrected chi connectivity index (χ2v) is 6.07. The maximum absolute atomic E-state index is 12.7. The molecular weight excluding hydrogens is 332 g/mol. The van der Waals surface area contributed by atoms with Crippen molar-refractivity contribution in [3.63, 3.8) is 0 Å². The van der Waals surface area contributed by atoms with Crippen LogP contribution in [0.5, 0.6) is 5.75 Å². The van der Waals surface area contributed by atoms with Gasteiger partial charge in [0.1, 0.15) is 11.6 Å². The van der Waals surface area contributed by atoms with Crippen molar-refractivity contribution in [1.29, 1.82) is 0 Å². The number of hydrogen-bond donors (Lipinski definition) is 0. The molecule has 0 spiro atoms. The highest BCUT2D eigenvalue weighted by atomic mass is 16.5.